The van der Waals surface area contributed by atoms with Crippen LogP contribution in [0.15, 0.2) is 18.2 Å². The van der Waals surface area contributed by atoms with Crippen LogP contribution in [0.5, 0.6) is 0 Å². The van der Waals surface area contributed by atoms with Gasteiger partial charge in [-0.3, -0.25) is 9.69 Å². The van der Waals surface area contributed by atoms with Crippen molar-refractivity contribution in [2.75, 3.05) is 61.1 Å². The highest BCUT2D eigenvalue weighted by molar-refractivity contribution is 7.99. The van der Waals surface area contributed by atoms with Gasteiger partial charge in [-0.1, -0.05) is 19.1 Å². The van der Waals surface area contributed by atoms with Gasteiger partial charge in [0.2, 0.25) is 5.91 Å². The van der Waals surface area contributed by atoms with Crippen LogP contribution in [0, 0.1) is 5.82 Å². The summed E-state index contributed by atoms with van der Waals surface area (Å²) in [6, 6.07) is 4.79. The van der Waals surface area contributed by atoms with Crippen LogP contribution in [0.3, 0.4) is 0 Å². The van der Waals surface area contributed by atoms with Crippen LogP contribution in [-0.2, 0) is 9.53 Å². The number of nitrogens with zero attached hydrogens (tertiary/aromatic N) is 3. The Labute approximate surface area is 185 Å². The van der Waals surface area contributed by atoms with Crippen LogP contribution in [0.2, 0.25) is 0 Å². The molecule has 0 bridgehead atoms. The number of carbonyl (C=O) groups is 2. The molecule has 1 N–H and O–H groups in total. The van der Waals surface area contributed by atoms with E-state index in [1.54, 1.807) is 12.1 Å². The maximum Gasteiger partial charge on any atom is 0.414 e. The minimum Gasteiger partial charge on any atom is -0.442 e. The Bertz CT molecular complexity index is 802. The van der Waals surface area contributed by atoms with Gasteiger partial charge < -0.3 is 19.9 Å². The van der Waals surface area contributed by atoms with Crippen LogP contribution in [0.25, 0.3) is 0 Å². The highest BCUT2D eigenvalue weighted by atomic mass is 32.2. The van der Waals surface area contributed by atoms with Gasteiger partial charge in [-0.05, 0) is 30.9 Å². The number of cyclic esters (lactones) is 1. The molecule has 0 aliphatic carbocycles. The number of carbonyl (C=O) groups excluding carboxylic acids is 2. The van der Waals surface area contributed by atoms with Crippen LogP contribution in [0.4, 0.5) is 20.6 Å². The zero-order valence-corrected chi connectivity index (χ0v) is 18.9. The molecule has 0 unspecified atom stereocenters. The molecule has 164 valence electrons. The van der Waals surface area contributed by atoms with E-state index in [2.05, 4.69) is 5.32 Å². The number of hydrogen-bond acceptors (Lipinski definition) is 6. The van der Waals surface area contributed by atoms with Gasteiger partial charge in [0.05, 0.1) is 35.2 Å². The Kier molecular flexibility index (Phi) is 7.76. The first-order chi connectivity index (χ1) is 14.4. The fourth-order valence-electron chi connectivity index (χ4n) is 3.52. The largest absolute Gasteiger partial charge is 0.442 e. The number of hydrogen-bond donors (Lipinski definition) is 1. The Morgan fingerprint density at radius 3 is 2.70 bits per heavy atom. The predicted octanol–water partition coefficient (Wildman–Crippen LogP) is 2.49. The first-order valence-corrected chi connectivity index (χ1v) is 11.8. The van der Waals surface area contributed by atoms with Gasteiger partial charge in [-0.15, -0.1) is 0 Å². The molecule has 30 heavy (non-hydrogen) atoms. The lowest BCUT2D eigenvalue weighted by Gasteiger charge is -2.36. The normalized spacial score (nSPS) is 19.1. The smallest absolute Gasteiger partial charge is 0.414 e. The van der Waals surface area contributed by atoms with Crippen molar-refractivity contribution in [2.24, 2.45) is 0 Å². The Morgan fingerprint density at radius 2 is 2.07 bits per heavy atom. The van der Waals surface area contributed by atoms with Crippen molar-refractivity contribution < 1.29 is 18.7 Å². The highest BCUT2D eigenvalue weighted by Crippen LogP contribution is 2.28. The topological polar surface area (TPSA) is 65.1 Å². The molecule has 1 aromatic carbocycles. The Hall–Kier alpha value is -2.07. The number of nitrogens with one attached hydrogen (secondary N) is 1. The van der Waals surface area contributed by atoms with E-state index in [4.69, 9.17) is 17.0 Å². The third-order valence-electron chi connectivity index (χ3n) is 5.21. The highest BCUT2D eigenvalue weighted by Gasteiger charge is 2.33. The first kappa shape index (κ1) is 22.6. The summed E-state index contributed by atoms with van der Waals surface area (Å²) in [6.07, 6.45) is 1.81. The van der Waals surface area contributed by atoms with E-state index < -0.39 is 11.9 Å². The summed E-state index contributed by atoms with van der Waals surface area (Å²) < 4.78 is 20.2. The molecule has 3 rings (SSSR count). The molecule has 0 saturated carbocycles. The van der Waals surface area contributed by atoms with E-state index in [9.17, 15) is 14.0 Å². The van der Waals surface area contributed by atoms with Crippen molar-refractivity contribution in [1.29, 1.82) is 0 Å². The van der Waals surface area contributed by atoms with Crippen molar-refractivity contribution in [3.8, 4) is 0 Å². The summed E-state index contributed by atoms with van der Waals surface area (Å²) >= 11 is 6.63. The Balaban J connectivity index is 1.60. The van der Waals surface area contributed by atoms with Crippen LogP contribution in [0.1, 0.15) is 13.3 Å². The summed E-state index contributed by atoms with van der Waals surface area (Å²) in [6.45, 7) is 5.04. The summed E-state index contributed by atoms with van der Waals surface area (Å²) in [4.78, 5) is 30.1. The zero-order chi connectivity index (χ0) is 21.7. The SMILES string of the molecule is CCC(=S)NC[C@H]1CN(c2ccc(N3CCN(C(=O)CSC)CC3)c(F)c2)C(=O)O1. The number of thioether (sulfide) groups is 1. The molecule has 2 heterocycles. The minimum atomic E-state index is -0.489. The van der Waals surface area contributed by atoms with Crippen LogP contribution in [-0.4, -0.2) is 79.3 Å². The van der Waals surface area contributed by atoms with Crippen LogP contribution < -0.4 is 15.1 Å². The van der Waals surface area contributed by atoms with E-state index in [0.717, 1.165) is 11.4 Å². The average molecular weight is 455 g/mol. The maximum atomic E-state index is 14.9. The number of thiocarbonyl (C=S) groups is 1. The van der Waals surface area contributed by atoms with Crippen LogP contribution >= 0.6 is 24.0 Å². The molecule has 7 nitrogen and oxygen atoms in total. The van der Waals surface area contributed by atoms with E-state index in [1.165, 1.54) is 22.7 Å². The molecule has 2 aliphatic rings. The third-order valence-corrected chi connectivity index (χ3v) is 6.17. The van der Waals surface area contributed by atoms with Gasteiger partial charge in [-0.2, -0.15) is 11.8 Å². The number of piperazine rings is 1. The van der Waals surface area contributed by atoms with Crippen molar-refractivity contribution in [2.45, 2.75) is 19.4 Å². The van der Waals surface area contributed by atoms with E-state index >= 15 is 0 Å². The van der Waals surface area contributed by atoms with Crippen molar-refractivity contribution in [1.82, 2.24) is 10.2 Å². The van der Waals surface area contributed by atoms with Crippen molar-refractivity contribution >= 4 is 52.3 Å². The molecule has 0 aromatic heterocycles. The molecule has 1 atom stereocenters. The van der Waals surface area contributed by atoms with Gasteiger partial charge in [0.25, 0.3) is 0 Å². The molecular formula is C20H27FN4O3S2. The number of benzene rings is 1. The summed E-state index contributed by atoms with van der Waals surface area (Å²) in [5.74, 6) is 0.197. The molecule has 2 aliphatic heterocycles. The second-order valence-corrected chi connectivity index (χ2v) is 8.57. The molecular weight excluding hydrogens is 427 g/mol. The fraction of sp³-hybridized carbons (Fsp3) is 0.550. The van der Waals surface area contributed by atoms with E-state index in [-0.39, 0.29) is 12.0 Å². The third kappa shape index (κ3) is 5.34. The molecule has 0 radical (unpaired) electrons. The maximum absolute atomic E-state index is 14.9. The summed E-state index contributed by atoms with van der Waals surface area (Å²) in [5.41, 5.74) is 0.949. The summed E-state index contributed by atoms with van der Waals surface area (Å²) in [7, 11) is 0. The number of ether oxygens (including phenoxy) is 1. The van der Waals surface area contributed by atoms with Gasteiger partial charge >= 0.3 is 6.09 Å². The van der Waals surface area contributed by atoms with Crippen molar-refractivity contribution in [3.05, 3.63) is 24.0 Å². The lowest BCUT2D eigenvalue weighted by atomic mass is 10.2. The molecule has 1 aromatic rings. The number of anilines is 2. The number of rotatable bonds is 7. The van der Waals surface area contributed by atoms with Gasteiger partial charge in [0.15, 0.2) is 0 Å². The molecule has 0 spiro atoms. The second kappa shape index (κ2) is 10.3. The monoisotopic (exact) mass is 454 g/mol. The zero-order valence-electron chi connectivity index (χ0n) is 17.2. The molecule has 10 heteroatoms. The van der Waals surface area contributed by atoms with Gasteiger partial charge in [0.1, 0.15) is 11.9 Å². The fourth-order valence-corrected chi connectivity index (χ4v) is 4.04. The lowest BCUT2D eigenvalue weighted by molar-refractivity contribution is -0.128. The summed E-state index contributed by atoms with van der Waals surface area (Å²) in [5, 5.41) is 3.07. The second-order valence-electron chi connectivity index (χ2n) is 7.21. The van der Waals surface area contributed by atoms with E-state index in [0.29, 0.717) is 56.4 Å². The molecule has 2 saturated heterocycles. The number of halogens is 1. The first-order valence-electron chi connectivity index (χ1n) is 9.99. The minimum absolute atomic E-state index is 0.120. The predicted molar refractivity (Wildman–Crippen MR) is 122 cm³/mol. The van der Waals surface area contributed by atoms with Gasteiger partial charge in [0, 0.05) is 26.2 Å². The standard InChI is InChI=1S/C20H27FN4O3S2/c1-3-18(29)22-11-15-12-25(20(27)28-15)14-4-5-17(16(21)10-14)23-6-8-24(9-7-23)19(26)13-30-2/h4-5,10,15H,3,6-9,11-13H2,1-2H3,(H,22,29)/t15-/m0/s1. The quantitative estimate of drug-likeness (QED) is 0.635. The molecule has 2 amide bonds. The number of amides is 2. The molecule has 2 fully saturated rings. The van der Waals surface area contributed by atoms with Gasteiger partial charge in [-0.25, -0.2) is 9.18 Å². The van der Waals surface area contributed by atoms with E-state index in [1.807, 2.05) is 23.0 Å². The Morgan fingerprint density at radius 1 is 1.33 bits per heavy atom. The average Bonchev–Trinajstić information content (AvgIpc) is 3.12. The van der Waals surface area contributed by atoms with Crippen molar-refractivity contribution in [3.63, 3.8) is 0 Å². The lowest BCUT2D eigenvalue weighted by Crippen LogP contribution is -2.49.